The summed E-state index contributed by atoms with van der Waals surface area (Å²) in [5, 5.41) is 2.58. The van der Waals surface area contributed by atoms with Crippen molar-refractivity contribution in [2.75, 3.05) is 4.90 Å². The minimum atomic E-state index is 1.16. The van der Waals surface area contributed by atoms with Crippen molar-refractivity contribution in [3.8, 4) is 33.4 Å². The molecular formula is C35H26N2. The number of aromatic nitrogens is 1. The lowest BCUT2D eigenvalue weighted by Crippen LogP contribution is -2.15. The fourth-order valence-corrected chi connectivity index (χ4v) is 5.85. The molecule has 0 radical (unpaired) electrons. The summed E-state index contributed by atoms with van der Waals surface area (Å²) in [5.41, 5.74) is 13.6. The second kappa shape index (κ2) is 8.46. The van der Waals surface area contributed by atoms with Crippen molar-refractivity contribution >= 4 is 27.8 Å². The van der Waals surface area contributed by atoms with E-state index in [0.717, 1.165) is 5.69 Å². The summed E-state index contributed by atoms with van der Waals surface area (Å²) in [4.78, 5) is 6.76. The molecule has 1 aliphatic rings. The van der Waals surface area contributed by atoms with Gasteiger partial charge in [0.15, 0.2) is 0 Å². The Labute approximate surface area is 217 Å². The lowest BCUT2D eigenvalue weighted by atomic mass is 9.84. The van der Waals surface area contributed by atoms with Crippen LogP contribution in [0.2, 0.25) is 0 Å². The predicted molar refractivity (Wildman–Crippen MR) is 156 cm³/mol. The van der Waals surface area contributed by atoms with Crippen LogP contribution < -0.4 is 4.90 Å². The molecule has 0 saturated carbocycles. The maximum atomic E-state index is 4.34. The molecule has 0 saturated heterocycles. The first-order valence-electron chi connectivity index (χ1n) is 12.7. The molecule has 0 fully saturated rings. The average Bonchev–Trinajstić information content (AvgIpc) is 2.95. The molecule has 0 unspecified atom stereocenters. The molecule has 1 aromatic heterocycles. The van der Waals surface area contributed by atoms with Gasteiger partial charge in [0.05, 0.1) is 11.4 Å². The van der Waals surface area contributed by atoms with Gasteiger partial charge in [-0.05, 0) is 88.5 Å². The molecule has 5 aromatic carbocycles. The molecule has 1 aliphatic heterocycles. The zero-order chi connectivity index (χ0) is 24.9. The molecular weight excluding hydrogens is 448 g/mol. The number of hydrogen-bond acceptors (Lipinski definition) is 2. The number of nitrogens with zero attached hydrogens (tertiary/aromatic N) is 2. The smallest absolute Gasteiger partial charge is 0.0546 e. The van der Waals surface area contributed by atoms with Gasteiger partial charge in [0.1, 0.15) is 0 Å². The monoisotopic (exact) mass is 474 g/mol. The van der Waals surface area contributed by atoms with Crippen molar-refractivity contribution in [3.05, 3.63) is 133 Å². The van der Waals surface area contributed by atoms with E-state index < -0.39 is 0 Å². The van der Waals surface area contributed by atoms with Gasteiger partial charge in [-0.3, -0.25) is 4.98 Å². The number of hydrogen-bond donors (Lipinski definition) is 0. The van der Waals surface area contributed by atoms with Crippen molar-refractivity contribution in [1.82, 2.24) is 4.98 Å². The third-order valence-electron chi connectivity index (χ3n) is 7.53. The number of rotatable bonds is 3. The average molecular weight is 475 g/mol. The Morgan fingerprint density at radius 2 is 1.30 bits per heavy atom. The molecule has 0 N–H and O–H groups in total. The molecule has 6 aromatic rings. The number of benzene rings is 5. The Kier molecular flexibility index (Phi) is 4.93. The topological polar surface area (TPSA) is 16.1 Å². The summed E-state index contributed by atoms with van der Waals surface area (Å²) in [7, 11) is 0. The molecule has 2 heteroatoms. The summed E-state index contributed by atoms with van der Waals surface area (Å²) < 4.78 is 0. The predicted octanol–water partition coefficient (Wildman–Crippen LogP) is 9.64. The van der Waals surface area contributed by atoms with Crippen LogP contribution in [0.1, 0.15) is 11.1 Å². The fraction of sp³-hybridized carbons (Fsp3) is 0.0571. The molecule has 2 nitrogen and oxygen atoms in total. The van der Waals surface area contributed by atoms with Gasteiger partial charge < -0.3 is 4.90 Å². The largest absolute Gasteiger partial charge is 0.309 e. The number of para-hydroxylation sites is 1. The fourth-order valence-electron chi connectivity index (χ4n) is 5.85. The highest BCUT2D eigenvalue weighted by Gasteiger charge is 2.27. The summed E-state index contributed by atoms with van der Waals surface area (Å²) in [5.74, 6) is 0. The minimum absolute atomic E-state index is 1.16. The first-order valence-corrected chi connectivity index (χ1v) is 12.7. The van der Waals surface area contributed by atoms with Crippen molar-refractivity contribution in [3.63, 3.8) is 0 Å². The van der Waals surface area contributed by atoms with Gasteiger partial charge in [0.2, 0.25) is 0 Å². The summed E-state index contributed by atoms with van der Waals surface area (Å²) in [6.07, 6.45) is 3.85. The number of pyridine rings is 1. The van der Waals surface area contributed by atoms with E-state index in [9.17, 15) is 0 Å². The molecule has 0 atom stereocenters. The van der Waals surface area contributed by atoms with E-state index in [1.165, 1.54) is 66.7 Å². The van der Waals surface area contributed by atoms with Crippen molar-refractivity contribution < 1.29 is 0 Å². The minimum Gasteiger partial charge on any atom is -0.309 e. The van der Waals surface area contributed by atoms with Gasteiger partial charge in [-0.1, -0.05) is 78.9 Å². The van der Waals surface area contributed by atoms with Gasteiger partial charge in [-0.15, -0.1) is 0 Å². The molecule has 0 bridgehead atoms. The normalized spacial score (nSPS) is 12.0. The molecule has 2 heterocycles. The van der Waals surface area contributed by atoms with Gasteiger partial charge in [-0.2, -0.15) is 0 Å². The summed E-state index contributed by atoms with van der Waals surface area (Å²) in [6.45, 7) is 4.38. The van der Waals surface area contributed by atoms with E-state index in [1.54, 1.807) is 0 Å². The van der Waals surface area contributed by atoms with E-state index >= 15 is 0 Å². The molecule has 7 rings (SSSR count). The highest BCUT2D eigenvalue weighted by molar-refractivity contribution is 6.18. The zero-order valence-electron chi connectivity index (χ0n) is 20.9. The van der Waals surface area contributed by atoms with Crippen molar-refractivity contribution in [2.24, 2.45) is 0 Å². The summed E-state index contributed by atoms with van der Waals surface area (Å²) >= 11 is 0. The van der Waals surface area contributed by atoms with Crippen LogP contribution in [0.25, 0.3) is 44.2 Å². The molecule has 0 spiro atoms. The molecule has 37 heavy (non-hydrogen) atoms. The van der Waals surface area contributed by atoms with Gasteiger partial charge >= 0.3 is 0 Å². The van der Waals surface area contributed by atoms with Crippen molar-refractivity contribution in [2.45, 2.75) is 13.8 Å². The van der Waals surface area contributed by atoms with Crippen LogP contribution in [0, 0.1) is 13.8 Å². The van der Waals surface area contributed by atoms with E-state index in [1.807, 2.05) is 12.4 Å². The Balaban J connectivity index is 1.49. The Morgan fingerprint density at radius 3 is 2.11 bits per heavy atom. The third-order valence-corrected chi connectivity index (χ3v) is 7.53. The van der Waals surface area contributed by atoms with Crippen molar-refractivity contribution in [1.29, 1.82) is 0 Å². The lowest BCUT2D eigenvalue weighted by molar-refractivity contribution is 1.26. The Hall–Kier alpha value is -4.69. The Morgan fingerprint density at radius 1 is 0.568 bits per heavy atom. The molecule has 0 aliphatic carbocycles. The standard InChI is InChI=1S/C35H26N2/c1-23-21-31-29-11-6-7-13-32(29)37(27-17-15-26(16-18-27)25-9-4-3-5-10-25)33-14-8-12-30(35(31)33)34(23)28-19-20-36-22-24(28)2/h3-22H,1-2H3. The second-order valence-electron chi connectivity index (χ2n) is 9.77. The van der Waals surface area contributed by atoms with Gasteiger partial charge in [-0.25, -0.2) is 0 Å². The lowest BCUT2D eigenvalue weighted by Gasteiger charge is -2.34. The second-order valence-corrected chi connectivity index (χ2v) is 9.77. The summed E-state index contributed by atoms with van der Waals surface area (Å²) in [6, 6.07) is 39.5. The highest BCUT2D eigenvalue weighted by Crippen LogP contribution is 2.53. The maximum absolute atomic E-state index is 4.34. The number of fused-ring (bicyclic) bond motifs is 2. The van der Waals surface area contributed by atoms with Crippen LogP contribution in [0.5, 0.6) is 0 Å². The van der Waals surface area contributed by atoms with E-state index in [0.29, 0.717) is 0 Å². The molecule has 0 amide bonds. The first kappa shape index (κ1) is 21.6. The first-order chi connectivity index (χ1) is 18.2. The third kappa shape index (κ3) is 3.37. The van der Waals surface area contributed by atoms with Crippen LogP contribution in [-0.4, -0.2) is 4.98 Å². The van der Waals surface area contributed by atoms with E-state index in [2.05, 4.69) is 133 Å². The number of aryl methyl sites for hydroxylation is 2. The van der Waals surface area contributed by atoms with Gasteiger partial charge in [0, 0.05) is 29.0 Å². The number of anilines is 3. The quantitative estimate of drug-likeness (QED) is 0.253. The Bertz CT molecular complexity index is 1780. The van der Waals surface area contributed by atoms with E-state index in [-0.39, 0.29) is 0 Å². The molecule has 176 valence electrons. The maximum Gasteiger partial charge on any atom is 0.0546 e. The van der Waals surface area contributed by atoms with Crippen LogP contribution >= 0.6 is 0 Å². The highest BCUT2D eigenvalue weighted by atomic mass is 15.2. The van der Waals surface area contributed by atoms with Crippen LogP contribution in [0.4, 0.5) is 17.1 Å². The zero-order valence-corrected chi connectivity index (χ0v) is 20.9. The SMILES string of the molecule is Cc1cnccc1-c1c(C)cc2c3c(cccc13)N(c1ccc(-c3ccccc3)cc1)c1ccccc1-2. The van der Waals surface area contributed by atoms with Crippen LogP contribution in [0.15, 0.2) is 122 Å². The van der Waals surface area contributed by atoms with E-state index in [4.69, 9.17) is 0 Å². The van der Waals surface area contributed by atoms with Gasteiger partial charge in [0.25, 0.3) is 0 Å². The van der Waals surface area contributed by atoms with Crippen LogP contribution in [0.3, 0.4) is 0 Å². The van der Waals surface area contributed by atoms with Crippen LogP contribution in [-0.2, 0) is 0 Å².